The second-order valence-electron chi connectivity index (χ2n) is 4.50. The van der Waals surface area contributed by atoms with Crippen molar-refractivity contribution in [2.45, 2.75) is 13.3 Å². The number of imidazole rings is 1. The van der Waals surface area contributed by atoms with Crippen LogP contribution in [0.5, 0.6) is 0 Å². The van der Waals surface area contributed by atoms with Crippen LogP contribution in [-0.2, 0) is 13.5 Å². The number of nitrogens with one attached hydrogen (secondary N) is 1. The number of likely N-dealkylation sites (N-methyl/N-ethyl adjacent to an activating group) is 1. The van der Waals surface area contributed by atoms with Crippen molar-refractivity contribution in [3.63, 3.8) is 0 Å². The fraction of sp³-hybridized carbons (Fsp3) is 0.357. The van der Waals surface area contributed by atoms with Crippen molar-refractivity contribution in [2.75, 3.05) is 13.6 Å². The fourth-order valence-electron chi connectivity index (χ4n) is 2.21. The van der Waals surface area contributed by atoms with Gasteiger partial charge in [-0.15, -0.1) is 0 Å². The molecule has 0 saturated carbocycles. The molecule has 0 amide bonds. The molecule has 0 spiro atoms. The van der Waals surface area contributed by atoms with E-state index in [0.717, 1.165) is 30.9 Å². The van der Waals surface area contributed by atoms with Gasteiger partial charge >= 0.3 is 0 Å². The number of hydrogen-bond donors (Lipinski definition) is 1. The van der Waals surface area contributed by atoms with Gasteiger partial charge in [0.1, 0.15) is 17.5 Å². The standard InChI is InChI=1S/C14H17F2N3/c1-9-14(11-8-10(15)4-5-12(11)16)19(3)13(18-9)6-7-17-2/h4-5,8,17H,6-7H2,1-3H3. The van der Waals surface area contributed by atoms with Gasteiger partial charge in [-0.25, -0.2) is 13.8 Å². The third-order valence-corrected chi connectivity index (χ3v) is 3.14. The van der Waals surface area contributed by atoms with E-state index >= 15 is 0 Å². The molecule has 0 fully saturated rings. The summed E-state index contributed by atoms with van der Waals surface area (Å²) in [6.07, 6.45) is 0.741. The maximum Gasteiger partial charge on any atom is 0.132 e. The molecule has 1 aromatic carbocycles. The van der Waals surface area contributed by atoms with E-state index in [1.165, 1.54) is 6.07 Å². The van der Waals surface area contributed by atoms with Crippen LogP contribution in [0.15, 0.2) is 18.2 Å². The highest BCUT2D eigenvalue weighted by Gasteiger charge is 2.16. The van der Waals surface area contributed by atoms with E-state index in [1.54, 1.807) is 0 Å². The number of rotatable bonds is 4. The Balaban J connectivity index is 2.50. The lowest BCUT2D eigenvalue weighted by Gasteiger charge is -2.08. The third kappa shape index (κ3) is 2.66. The molecule has 3 nitrogen and oxygen atoms in total. The van der Waals surface area contributed by atoms with Crippen molar-refractivity contribution in [1.29, 1.82) is 0 Å². The SMILES string of the molecule is CNCCc1nc(C)c(-c2cc(F)ccc2F)n1C. The summed E-state index contributed by atoms with van der Waals surface area (Å²) in [5.41, 5.74) is 1.59. The van der Waals surface area contributed by atoms with E-state index in [0.29, 0.717) is 11.4 Å². The molecule has 2 aromatic rings. The Morgan fingerprint density at radius 2 is 2.05 bits per heavy atom. The molecule has 1 N–H and O–H groups in total. The summed E-state index contributed by atoms with van der Waals surface area (Å²) in [5.74, 6) is -0.0352. The van der Waals surface area contributed by atoms with Gasteiger partial charge in [0.2, 0.25) is 0 Å². The Hall–Kier alpha value is -1.75. The van der Waals surface area contributed by atoms with Crippen molar-refractivity contribution in [2.24, 2.45) is 7.05 Å². The number of nitrogens with zero attached hydrogens (tertiary/aromatic N) is 2. The average Bonchev–Trinajstić information content (AvgIpc) is 2.65. The molecule has 0 saturated heterocycles. The monoisotopic (exact) mass is 265 g/mol. The highest BCUT2D eigenvalue weighted by Crippen LogP contribution is 2.27. The molecule has 0 aliphatic rings. The first-order valence-corrected chi connectivity index (χ1v) is 6.16. The molecule has 19 heavy (non-hydrogen) atoms. The van der Waals surface area contributed by atoms with Crippen molar-refractivity contribution in [3.8, 4) is 11.3 Å². The quantitative estimate of drug-likeness (QED) is 0.920. The average molecular weight is 265 g/mol. The fourth-order valence-corrected chi connectivity index (χ4v) is 2.21. The van der Waals surface area contributed by atoms with Gasteiger partial charge in [-0.1, -0.05) is 0 Å². The van der Waals surface area contributed by atoms with Gasteiger partial charge in [-0.3, -0.25) is 0 Å². The predicted octanol–water partition coefficient (Wildman–Crippen LogP) is 2.44. The van der Waals surface area contributed by atoms with Gasteiger partial charge in [0.25, 0.3) is 0 Å². The molecule has 5 heteroatoms. The molecule has 1 aromatic heterocycles. The molecular formula is C14H17F2N3. The van der Waals surface area contributed by atoms with Crippen molar-refractivity contribution in [1.82, 2.24) is 14.9 Å². The first kappa shape index (κ1) is 13.7. The molecule has 0 radical (unpaired) electrons. The van der Waals surface area contributed by atoms with Crippen LogP contribution in [0.25, 0.3) is 11.3 Å². The van der Waals surface area contributed by atoms with Gasteiger partial charge in [-0.05, 0) is 32.2 Å². The lowest BCUT2D eigenvalue weighted by atomic mass is 10.1. The van der Waals surface area contributed by atoms with E-state index in [9.17, 15) is 8.78 Å². The van der Waals surface area contributed by atoms with Crippen LogP contribution in [0.1, 0.15) is 11.5 Å². The highest BCUT2D eigenvalue weighted by molar-refractivity contribution is 5.63. The molecule has 0 bridgehead atoms. The third-order valence-electron chi connectivity index (χ3n) is 3.14. The second-order valence-corrected chi connectivity index (χ2v) is 4.50. The van der Waals surface area contributed by atoms with Gasteiger partial charge in [-0.2, -0.15) is 0 Å². The van der Waals surface area contributed by atoms with Crippen LogP contribution in [0.4, 0.5) is 8.78 Å². The van der Waals surface area contributed by atoms with Crippen LogP contribution < -0.4 is 5.32 Å². The molecule has 1 heterocycles. The molecule has 102 valence electrons. The molecule has 2 rings (SSSR count). The second kappa shape index (κ2) is 5.48. The lowest BCUT2D eigenvalue weighted by Crippen LogP contribution is -2.13. The largest absolute Gasteiger partial charge is 0.331 e. The molecule has 0 aliphatic heterocycles. The Kier molecular flexibility index (Phi) is 3.95. The zero-order chi connectivity index (χ0) is 14.0. The molecule has 0 unspecified atom stereocenters. The van der Waals surface area contributed by atoms with Crippen molar-refractivity contribution in [3.05, 3.63) is 41.4 Å². The number of aromatic nitrogens is 2. The zero-order valence-corrected chi connectivity index (χ0v) is 11.3. The maximum absolute atomic E-state index is 13.9. The van der Waals surface area contributed by atoms with Crippen LogP contribution >= 0.6 is 0 Å². The Labute approximate surface area is 111 Å². The summed E-state index contributed by atoms with van der Waals surface area (Å²) in [7, 11) is 3.69. The predicted molar refractivity (Wildman–Crippen MR) is 70.9 cm³/mol. The summed E-state index contributed by atoms with van der Waals surface area (Å²) in [6.45, 7) is 2.60. The minimum absolute atomic E-state index is 0.253. The van der Waals surface area contributed by atoms with Gasteiger partial charge in [0.05, 0.1) is 11.4 Å². The van der Waals surface area contributed by atoms with Gasteiger partial charge in [0.15, 0.2) is 0 Å². The summed E-state index contributed by atoms with van der Waals surface area (Å²) >= 11 is 0. The van der Waals surface area contributed by atoms with E-state index in [2.05, 4.69) is 10.3 Å². The van der Waals surface area contributed by atoms with Gasteiger partial charge in [0, 0.05) is 25.6 Å². The summed E-state index contributed by atoms with van der Waals surface area (Å²) < 4.78 is 29.0. The Bertz CT molecular complexity index is 591. The number of hydrogen-bond acceptors (Lipinski definition) is 2. The van der Waals surface area contributed by atoms with E-state index in [-0.39, 0.29) is 5.56 Å². The summed E-state index contributed by atoms with van der Waals surface area (Å²) in [6, 6.07) is 3.47. The number of benzene rings is 1. The Morgan fingerprint density at radius 1 is 1.32 bits per heavy atom. The first-order valence-electron chi connectivity index (χ1n) is 6.16. The van der Waals surface area contributed by atoms with Crippen LogP contribution in [0.3, 0.4) is 0 Å². The summed E-state index contributed by atoms with van der Waals surface area (Å²) in [4.78, 5) is 4.43. The lowest BCUT2D eigenvalue weighted by molar-refractivity contribution is 0.601. The minimum Gasteiger partial charge on any atom is -0.331 e. The molecular weight excluding hydrogens is 248 g/mol. The van der Waals surface area contributed by atoms with Crippen LogP contribution in [-0.4, -0.2) is 23.1 Å². The van der Waals surface area contributed by atoms with Crippen molar-refractivity contribution < 1.29 is 8.78 Å². The summed E-state index contributed by atoms with van der Waals surface area (Å²) in [5, 5.41) is 3.04. The van der Waals surface area contributed by atoms with Crippen LogP contribution in [0.2, 0.25) is 0 Å². The van der Waals surface area contributed by atoms with Gasteiger partial charge < -0.3 is 9.88 Å². The number of aryl methyl sites for hydroxylation is 1. The first-order chi connectivity index (χ1) is 9.04. The molecule has 0 aliphatic carbocycles. The van der Waals surface area contributed by atoms with E-state index in [4.69, 9.17) is 0 Å². The topological polar surface area (TPSA) is 29.9 Å². The van der Waals surface area contributed by atoms with E-state index < -0.39 is 11.6 Å². The smallest absolute Gasteiger partial charge is 0.132 e. The van der Waals surface area contributed by atoms with Crippen LogP contribution in [0, 0.1) is 18.6 Å². The zero-order valence-electron chi connectivity index (χ0n) is 11.3. The van der Waals surface area contributed by atoms with Crippen molar-refractivity contribution >= 4 is 0 Å². The highest BCUT2D eigenvalue weighted by atomic mass is 19.1. The minimum atomic E-state index is -0.450. The Morgan fingerprint density at radius 3 is 2.74 bits per heavy atom. The normalized spacial score (nSPS) is 11.0. The van der Waals surface area contributed by atoms with E-state index in [1.807, 2.05) is 25.6 Å². The molecule has 0 atom stereocenters. The maximum atomic E-state index is 13.9. The number of halogens is 2.